The number of rotatable bonds is 9. The van der Waals surface area contributed by atoms with Crippen molar-refractivity contribution < 1.29 is 14.3 Å². The smallest absolute Gasteiger partial charge is 0.223 e. The normalized spacial score (nSPS) is 26.8. The molecule has 1 saturated heterocycles. The fourth-order valence-corrected chi connectivity index (χ4v) is 4.05. The number of nitrogens with zero attached hydrogens (tertiary/aromatic N) is 2. The number of hydrogen-bond acceptors (Lipinski definition) is 5. The minimum Gasteiger partial charge on any atom is -0.381 e. The van der Waals surface area contributed by atoms with Crippen molar-refractivity contribution in [2.75, 3.05) is 26.4 Å². The highest BCUT2D eigenvalue weighted by Crippen LogP contribution is 2.28. The Bertz CT molecular complexity index is 545. The number of carbonyl (C=O) groups is 1. The van der Waals surface area contributed by atoms with E-state index in [0.717, 1.165) is 58.3 Å². The van der Waals surface area contributed by atoms with Crippen molar-refractivity contribution in [1.29, 1.82) is 0 Å². The van der Waals surface area contributed by atoms with Gasteiger partial charge in [-0.3, -0.25) is 9.48 Å². The summed E-state index contributed by atoms with van der Waals surface area (Å²) in [6.07, 6.45) is 9.61. The number of carbonyl (C=O) groups excluding carboxylic acids is 1. The van der Waals surface area contributed by atoms with Gasteiger partial charge in [0, 0.05) is 56.8 Å². The van der Waals surface area contributed by atoms with Crippen LogP contribution in [0, 0.1) is 5.92 Å². The fourth-order valence-electron chi connectivity index (χ4n) is 4.05. The second kappa shape index (κ2) is 10.8. The maximum atomic E-state index is 12.6. The third kappa shape index (κ3) is 6.30. The molecular formula is C20H34N4O3. The van der Waals surface area contributed by atoms with E-state index in [2.05, 4.69) is 22.7 Å². The number of aromatic nitrogens is 2. The Morgan fingerprint density at radius 3 is 2.89 bits per heavy atom. The van der Waals surface area contributed by atoms with Gasteiger partial charge in [0.25, 0.3) is 0 Å². The first-order valence-electron chi connectivity index (χ1n) is 10.5. The van der Waals surface area contributed by atoms with E-state index in [0.29, 0.717) is 25.2 Å². The van der Waals surface area contributed by atoms with Crippen LogP contribution in [-0.4, -0.2) is 60.2 Å². The molecule has 3 rings (SSSR count). The van der Waals surface area contributed by atoms with Gasteiger partial charge in [-0.1, -0.05) is 6.92 Å². The number of ether oxygens (including phenoxy) is 2. The van der Waals surface area contributed by atoms with Crippen LogP contribution in [0.1, 0.15) is 45.4 Å². The summed E-state index contributed by atoms with van der Waals surface area (Å²) in [5.41, 5.74) is 0. The number of nitrogens with one attached hydrogen (secondary N) is 2. The van der Waals surface area contributed by atoms with Crippen molar-refractivity contribution in [3.05, 3.63) is 18.5 Å². The molecule has 3 atom stereocenters. The predicted octanol–water partition coefficient (Wildman–Crippen LogP) is 1.73. The zero-order valence-corrected chi connectivity index (χ0v) is 16.4. The van der Waals surface area contributed by atoms with Crippen LogP contribution in [-0.2, 0) is 20.8 Å². The average Bonchev–Trinajstić information content (AvgIpc) is 3.21. The topological polar surface area (TPSA) is 77.4 Å². The van der Waals surface area contributed by atoms with Gasteiger partial charge in [-0.2, -0.15) is 5.10 Å². The van der Waals surface area contributed by atoms with Crippen LogP contribution in [0.2, 0.25) is 0 Å². The summed E-state index contributed by atoms with van der Waals surface area (Å²) in [5, 5.41) is 11.0. The summed E-state index contributed by atoms with van der Waals surface area (Å²) in [4.78, 5) is 12.6. The van der Waals surface area contributed by atoms with E-state index in [9.17, 15) is 4.79 Å². The minimum atomic E-state index is 0.0391. The summed E-state index contributed by atoms with van der Waals surface area (Å²) in [6.45, 7) is 5.88. The van der Waals surface area contributed by atoms with Gasteiger partial charge in [0.15, 0.2) is 0 Å². The van der Waals surface area contributed by atoms with E-state index in [1.807, 2.05) is 16.9 Å². The summed E-state index contributed by atoms with van der Waals surface area (Å²) in [7, 11) is 0. The molecule has 1 aromatic rings. The van der Waals surface area contributed by atoms with Gasteiger partial charge in [-0.25, -0.2) is 0 Å². The van der Waals surface area contributed by atoms with Crippen LogP contribution in [0.25, 0.3) is 0 Å². The van der Waals surface area contributed by atoms with E-state index in [-0.39, 0.29) is 17.9 Å². The molecule has 1 saturated carbocycles. The predicted molar refractivity (Wildman–Crippen MR) is 103 cm³/mol. The zero-order valence-electron chi connectivity index (χ0n) is 16.4. The Labute approximate surface area is 162 Å². The van der Waals surface area contributed by atoms with Crippen LogP contribution < -0.4 is 10.6 Å². The lowest BCUT2D eigenvalue weighted by atomic mass is 9.82. The molecule has 1 aromatic heterocycles. The highest BCUT2D eigenvalue weighted by atomic mass is 16.5. The van der Waals surface area contributed by atoms with Gasteiger partial charge in [-0.15, -0.1) is 0 Å². The molecule has 2 aliphatic rings. The minimum absolute atomic E-state index is 0.0391. The zero-order chi connectivity index (χ0) is 18.9. The molecule has 0 spiro atoms. The Balaban J connectivity index is 1.47. The second-order valence-electron chi connectivity index (χ2n) is 7.64. The van der Waals surface area contributed by atoms with Crippen LogP contribution in [0.3, 0.4) is 0 Å². The van der Waals surface area contributed by atoms with Gasteiger partial charge in [0.1, 0.15) is 0 Å². The maximum Gasteiger partial charge on any atom is 0.223 e. The molecule has 0 unspecified atom stereocenters. The number of hydrogen-bond donors (Lipinski definition) is 2. The molecule has 7 heteroatoms. The molecule has 0 radical (unpaired) electrons. The first-order valence-corrected chi connectivity index (χ1v) is 10.5. The molecular weight excluding hydrogens is 344 g/mol. The van der Waals surface area contributed by atoms with Crippen LogP contribution in [0.15, 0.2) is 18.5 Å². The molecule has 0 bridgehead atoms. The van der Waals surface area contributed by atoms with E-state index in [4.69, 9.17) is 9.47 Å². The van der Waals surface area contributed by atoms with Gasteiger partial charge >= 0.3 is 0 Å². The molecule has 0 aromatic carbocycles. The molecule has 7 nitrogen and oxygen atoms in total. The molecule has 152 valence electrons. The van der Waals surface area contributed by atoms with E-state index >= 15 is 0 Å². The van der Waals surface area contributed by atoms with E-state index in [1.165, 1.54) is 0 Å². The first-order chi connectivity index (χ1) is 13.3. The summed E-state index contributed by atoms with van der Waals surface area (Å²) in [5.74, 6) is 0.189. The Kier molecular flexibility index (Phi) is 8.10. The molecule has 2 fully saturated rings. The Hall–Kier alpha value is -1.44. The highest BCUT2D eigenvalue weighted by molar-refractivity contribution is 5.78. The third-order valence-electron chi connectivity index (χ3n) is 5.57. The van der Waals surface area contributed by atoms with E-state index in [1.54, 1.807) is 6.20 Å². The molecule has 2 heterocycles. The molecule has 27 heavy (non-hydrogen) atoms. The lowest BCUT2D eigenvalue weighted by molar-refractivity contribution is -0.128. The quantitative estimate of drug-likeness (QED) is 0.684. The van der Waals surface area contributed by atoms with Crippen LogP contribution in [0.4, 0.5) is 0 Å². The van der Waals surface area contributed by atoms with Crippen molar-refractivity contribution >= 4 is 5.91 Å². The average molecular weight is 379 g/mol. The molecule has 1 aliphatic heterocycles. The Morgan fingerprint density at radius 1 is 1.30 bits per heavy atom. The van der Waals surface area contributed by atoms with Gasteiger partial charge in [-0.05, 0) is 44.6 Å². The van der Waals surface area contributed by atoms with Gasteiger partial charge < -0.3 is 20.1 Å². The monoisotopic (exact) mass is 378 g/mol. The van der Waals surface area contributed by atoms with E-state index < -0.39 is 0 Å². The Morgan fingerprint density at radius 2 is 2.15 bits per heavy atom. The third-order valence-corrected chi connectivity index (χ3v) is 5.57. The first kappa shape index (κ1) is 20.3. The van der Waals surface area contributed by atoms with Crippen molar-refractivity contribution in [2.45, 2.75) is 70.2 Å². The van der Waals surface area contributed by atoms with Crippen LogP contribution >= 0.6 is 0 Å². The van der Waals surface area contributed by atoms with Gasteiger partial charge in [0.2, 0.25) is 5.91 Å². The van der Waals surface area contributed by atoms with Crippen molar-refractivity contribution in [1.82, 2.24) is 20.4 Å². The largest absolute Gasteiger partial charge is 0.381 e. The number of amides is 1. The molecule has 1 aliphatic carbocycles. The summed E-state index contributed by atoms with van der Waals surface area (Å²) < 4.78 is 13.4. The summed E-state index contributed by atoms with van der Waals surface area (Å²) in [6, 6.07) is 2.74. The lowest BCUT2D eigenvalue weighted by Crippen LogP contribution is -2.52. The molecule has 2 N–H and O–H groups in total. The second-order valence-corrected chi connectivity index (χ2v) is 7.64. The summed E-state index contributed by atoms with van der Waals surface area (Å²) >= 11 is 0. The van der Waals surface area contributed by atoms with Crippen molar-refractivity contribution in [3.63, 3.8) is 0 Å². The SMILES string of the molecule is CCCO[C@@H]1C[C@@H](C(=O)NCCn2cccn2)CC[C@H]1NC1CCOCC1. The molecule has 1 amide bonds. The van der Waals surface area contributed by atoms with Crippen molar-refractivity contribution in [3.8, 4) is 0 Å². The van der Waals surface area contributed by atoms with Crippen molar-refractivity contribution in [2.24, 2.45) is 5.92 Å². The van der Waals surface area contributed by atoms with Crippen LogP contribution in [0.5, 0.6) is 0 Å². The fraction of sp³-hybridized carbons (Fsp3) is 0.800. The lowest BCUT2D eigenvalue weighted by Gasteiger charge is -2.38. The van der Waals surface area contributed by atoms with Gasteiger partial charge in [0.05, 0.1) is 12.6 Å². The highest BCUT2D eigenvalue weighted by Gasteiger charge is 2.35. The maximum absolute atomic E-state index is 12.6. The standard InChI is InChI=1S/C20H34N4O3/c1-2-12-27-19-15-16(20(25)21-9-11-24-10-3-8-22-24)4-5-18(19)23-17-6-13-26-14-7-17/h3,8,10,16-19,23H,2,4-7,9,11-15H2,1H3,(H,21,25)/t16-,18+,19+/m0/s1.